The van der Waals surface area contributed by atoms with Crippen LogP contribution < -0.4 is 20.2 Å². The van der Waals surface area contributed by atoms with Gasteiger partial charge in [0.05, 0.1) is 18.9 Å². The van der Waals surface area contributed by atoms with Crippen LogP contribution in [0.2, 0.25) is 0 Å². The summed E-state index contributed by atoms with van der Waals surface area (Å²) >= 11 is 0. The molecule has 0 radical (unpaired) electrons. The fraction of sp³-hybridized carbons (Fsp3) is 0.0323. The van der Waals surface area contributed by atoms with E-state index >= 15 is 0 Å². The van der Waals surface area contributed by atoms with Crippen molar-refractivity contribution in [1.82, 2.24) is 5.43 Å². The van der Waals surface area contributed by atoms with E-state index in [1.807, 2.05) is 60.7 Å². The highest BCUT2D eigenvalue weighted by atomic mass is 16.5. The Hall–Kier alpha value is -5.50. The molecule has 0 aliphatic carbocycles. The number of carbonyl (C=O) groups excluding carboxylic acids is 3. The Labute approximate surface area is 223 Å². The summed E-state index contributed by atoms with van der Waals surface area (Å²) in [6.07, 6.45) is 1.35. The normalized spacial score (nSPS) is 10.9. The van der Waals surface area contributed by atoms with Crippen molar-refractivity contribution in [3.8, 4) is 11.5 Å². The molecule has 0 aromatic heterocycles. The third-order valence-corrected chi connectivity index (χ3v) is 6.06. The van der Waals surface area contributed by atoms with Crippen LogP contribution in [0, 0.1) is 0 Å². The van der Waals surface area contributed by atoms with Gasteiger partial charge in [0.25, 0.3) is 0 Å². The molecule has 5 aromatic rings. The number of anilines is 1. The van der Waals surface area contributed by atoms with Crippen molar-refractivity contribution in [2.24, 2.45) is 5.10 Å². The molecule has 0 atom stereocenters. The van der Waals surface area contributed by atoms with E-state index in [-0.39, 0.29) is 5.75 Å². The summed E-state index contributed by atoms with van der Waals surface area (Å²) in [6.45, 7) is 0. The van der Waals surface area contributed by atoms with Gasteiger partial charge in [0.1, 0.15) is 11.5 Å². The van der Waals surface area contributed by atoms with Crippen molar-refractivity contribution in [2.75, 3.05) is 12.4 Å². The number of nitrogens with zero attached hydrogens (tertiary/aromatic N) is 1. The molecular weight excluding hydrogens is 494 g/mol. The summed E-state index contributed by atoms with van der Waals surface area (Å²) in [6, 6.07) is 30.4. The van der Waals surface area contributed by atoms with Crippen molar-refractivity contribution >= 4 is 51.2 Å². The van der Waals surface area contributed by atoms with Gasteiger partial charge in [0.2, 0.25) is 0 Å². The van der Waals surface area contributed by atoms with Crippen molar-refractivity contribution in [1.29, 1.82) is 0 Å². The fourth-order valence-electron chi connectivity index (χ4n) is 4.10. The van der Waals surface area contributed by atoms with E-state index in [4.69, 9.17) is 9.47 Å². The third kappa shape index (κ3) is 5.60. The minimum absolute atomic E-state index is 0.243. The van der Waals surface area contributed by atoms with Crippen LogP contribution in [0.15, 0.2) is 108 Å². The zero-order valence-electron chi connectivity index (χ0n) is 20.9. The largest absolute Gasteiger partial charge is 0.497 e. The summed E-state index contributed by atoms with van der Waals surface area (Å²) in [4.78, 5) is 37.9. The molecule has 0 unspecified atom stereocenters. The van der Waals surface area contributed by atoms with Crippen LogP contribution in [0.4, 0.5) is 5.69 Å². The van der Waals surface area contributed by atoms with Gasteiger partial charge in [-0.15, -0.1) is 0 Å². The molecule has 8 heteroatoms. The van der Waals surface area contributed by atoms with Gasteiger partial charge in [0, 0.05) is 16.6 Å². The number of hydrogen-bond acceptors (Lipinski definition) is 6. The number of ether oxygens (including phenoxy) is 2. The molecule has 0 saturated heterocycles. The molecule has 39 heavy (non-hydrogen) atoms. The second-order valence-corrected chi connectivity index (χ2v) is 8.50. The molecule has 5 rings (SSSR count). The van der Waals surface area contributed by atoms with Crippen LogP contribution in [0.5, 0.6) is 11.5 Å². The Balaban J connectivity index is 1.34. The lowest BCUT2D eigenvalue weighted by Crippen LogP contribution is -2.32. The number of amides is 2. The smallest absolute Gasteiger partial charge is 0.343 e. The first kappa shape index (κ1) is 25.2. The standard InChI is InChI=1S/C31H23N3O5/c1-38-23-16-13-22(14-17-23)31(37)39-28-18-15-21-8-2-4-10-24(21)26(28)19-32-34-30(36)29(35)33-27-12-6-9-20-7-3-5-11-25(20)27/h2-19H,1H3,(H,33,35)(H,34,36)/b32-19+. The van der Waals surface area contributed by atoms with E-state index in [9.17, 15) is 14.4 Å². The van der Waals surface area contributed by atoms with Gasteiger partial charge in [-0.05, 0) is 52.6 Å². The molecule has 192 valence electrons. The number of hydrazone groups is 1. The summed E-state index contributed by atoms with van der Waals surface area (Å²) in [5, 5.41) is 9.98. The molecular formula is C31H23N3O5. The highest BCUT2D eigenvalue weighted by Gasteiger charge is 2.16. The van der Waals surface area contributed by atoms with Gasteiger partial charge >= 0.3 is 17.8 Å². The van der Waals surface area contributed by atoms with Gasteiger partial charge < -0.3 is 14.8 Å². The molecule has 0 saturated carbocycles. The monoisotopic (exact) mass is 517 g/mol. The first-order chi connectivity index (χ1) is 19.0. The number of carbonyl (C=O) groups is 3. The number of nitrogens with one attached hydrogen (secondary N) is 2. The molecule has 0 bridgehead atoms. The van der Waals surface area contributed by atoms with Crippen LogP contribution >= 0.6 is 0 Å². The highest BCUT2D eigenvalue weighted by molar-refractivity contribution is 6.40. The topological polar surface area (TPSA) is 106 Å². The molecule has 0 spiro atoms. The quantitative estimate of drug-likeness (QED) is 0.104. The minimum atomic E-state index is -0.948. The first-order valence-corrected chi connectivity index (χ1v) is 12.0. The average molecular weight is 518 g/mol. The molecule has 2 amide bonds. The molecule has 2 N–H and O–H groups in total. The van der Waals surface area contributed by atoms with Crippen molar-refractivity contribution in [3.63, 3.8) is 0 Å². The Bertz CT molecular complexity index is 1720. The van der Waals surface area contributed by atoms with Gasteiger partial charge in [-0.25, -0.2) is 10.2 Å². The van der Waals surface area contributed by atoms with E-state index in [2.05, 4.69) is 15.8 Å². The number of benzene rings is 5. The van der Waals surface area contributed by atoms with E-state index < -0.39 is 17.8 Å². The van der Waals surface area contributed by atoms with E-state index in [1.54, 1.807) is 49.6 Å². The van der Waals surface area contributed by atoms with Gasteiger partial charge in [-0.2, -0.15) is 5.10 Å². The van der Waals surface area contributed by atoms with E-state index in [0.717, 1.165) is 21.5 Å². The van der Waals surface area contributed by atoms with Crippen LogP contribution in [-0.2, 0) is 9.59 Å². The number of fused-ring (bicyclic) bond motifs is 2. The predicted molar refractivity (Wildman–Crippen MR) is 150 cm³/mol. The maximum absolute atomic E-state index is 12.8. The SMILES string of the molecule is COc1ccc(C(=O)Oc2ccc3ccccc3c2/C=N/NC(=O)C(=O)Nc2cccc3ccccc23)cc1. The Morgan fingerprint density at radius 3 is 2.13 bits per heavy atom. The maximum Gasteiger partial charge on any atom is 0.343 e. The molecule has 0 fully saturated rings. The second kappa shape index (κ2) is 11.3. The van der Waals surface area contributed by atoms with Crippen LogP contribution in [0.25, 0.3) is 21.5 Å². The average Bonchev–Trinajstić information content (AvgIpc) is 2.98. The van der Waals surface area contributed by atoms with Crippen LogP contribution in [0.1, 0.15) is 15.9 Å². The first-order valence-electron chi connectivity index (χ1n) is 12.0. The van der Waals surface area contributed by atoms with Gasteiger partial charge in [-0.1, -0.05) is 66.7 Å². The lowest BCUT2D eigenvalue weighted by Gasteiger charge is -2.11. The van der Waals surface area contributed by atoms with Crippen molar-refractivity contribution < 1.29 is 23.9 Å². The lowest BCUT2D eigenvalue weighted by atomic mass is 10.0. The lowest BCUT2D eigenvalue weighted by molar-refractivity contribution is -0.136. The summed E-state index contributed by atoms with van der Waals surface area (Å²) in [5.74, 6) is -1.53. The molecule has 0 aliphatic rings. The fourth-order valence-corrected chi connectivity index (χ4v) is 4.10. The number of rotatable bonds is 6. The van der Waals surface area contributed by atoms with Gasteiger partial charge in [-0.3, -0.25) is 9.59 Å². The predicted octanol–water partition coefficient (Wildman–Crippen LogP) is 5.31. The highest BCUT2D eigenvalue weighted by Crippen LogP contribution is 2.28. The Morgan fingerprint density at radius 2 is 1.38 bits per heavy atom. The molecule has 5 aromatic carbocycles. The second-order valence-electron chi connectivity index (χ2n) is 8.50. The molecule has 8 nitrogen and oxygen atoms in total. The zero-order chi connectivity index (χ0) is 27.2. The zero-order valence-corrected chi connectivity index (χ0v) is 20.9. The van der Waals surface area contributed by atoms with E-state index in [1.165, 1.54) is 6.21 Å². The molecule has 0 heterocycles. The summed E-state index contributed by atoms with van der Waals surface area (Å²) < 4.78 is 10.8. The number of hydrogen-bond donors (Lipinski definition) is 2. The molecule has 0 aliphatic heterocycles. The van der Waals surface area contributed by atoms with Crippen molar-refractivity contribution in [2.45, 2.75) is 0 Å². The van der Waals surface area contributed by atoms with Gasteiger partial charge in [0.15, 0.2) is 0 Å². The third-order valence-electron chi connectivity index (χ3n) is 6.06. The minimum Gasteiger partial charge on any atom is -0.497 e. The van der Waals surface area contributed by atoms with Crippen molar-refractivity contribution in [3.05, 3.63) is 114 Å². The number of methoxy groups -OCH3 is 1. The van der Waals surface area contributed by atoms with Crippen LogP contribution in [0.3, 0.4) is 0 Å². The summed E-state index contributed by atoms with van der Waals surface area (Å²) in [5.41, 5.74) is 3.57. The van der Waals surface area contributed by atoms with Crippen LogP contribution in [-0.4, -0.2) is 31.1 Å². The Morgan fingerprint density at radius 1 is 0.718 bits per heavy atom. The van der Waals surface area contributed by atoms with E-state index in [0.29, 0.717) is 22.6 Å². The number of esters is 1. The maximum atomic E-state index is 12.8. The Kier molecular flexibility index (Phi) is 7.27. The summed E-state index contributed by atoms with van der Waals surface area (Å²) in [7, 11) is 1.54.